The molecule has 0 aliphatic carbocycles. The number of nitrogen functional groups attached to an aromatic ring is 1. The number of nitrogens with zero attached hydrogens (tertiary/aromatic N) is 1. The van der Waals surface area contributed by atoms with E-state index >= 15 is 0 Å². The summed E-state index contributed by atoms with van der Waals surface area (Å²) in [4.78, 5) is 38.0. The second-order valence-electron chi connectivity index (χ2n) is 7.90. The summed E-state index contributed by atoms with van der Waals surface area (Å²) < 4.78 is 10.2. The highest BCUT2D eigenvalue weighted by atomic mass is 16.6. The Labute approximate surface area is 192 Å². The molecule has 0 radical (unpaired) electrons. The number of nitrogens with one attached hydrogen (secondary N) is 1. The van der Waals surface area contributed by atoms with Crippen LogP contribution >= 0.6 is 0 Å². The molecule has 3 rings (SSSR count). The topological polar surface area (TPSA) is 120 Å². The number of rotatable bonds is 6. The molecule has 1 aliphatic rings. The van der Waals surface area contributed by atoms with E-state index in [1.165, 1.54) is 6.08 Å². The maximum Gasteiger partial charge on any atom is 0.524 e. The van der Waals surface area contributed by atoms with E-state index in [2.05, 4.69) is 0 Å². The second-order valence-corrected chi connectivity index (χ2v) is 7.90. The van der Waals surface area contributed by atoms with Crippen LogP contribution in [-0.2, 0) is 9.53 Å². The molecule has 0 bridgehead atoms. The predicted octanol–water partition coefficient (Wildman–Crippen LogP) is 3.89. The van der Waals surface area contributed by atoms with E-state index in [-0.39, 0.29) is 28.9 Å². The average molecular weight is 451 g/mol. The molecule has 33 heavy (non-hydrogen) atoms. The first-order valence-electron chi connectivity index (χ1n) is 10.8. The van der Waals surface area contributed by atoms with Crippen LogP contribution in [0.2, 0.25) is 0 Å². The molecule has 8 nitrogen and oxygen atoms in total. The van der Waals surface area contributed by atoms with Crippen LogP contribution < -0.4 is 10.5 Å². The van der Waals surface area contributed by atoms with Crippen molar-refractivity contribution in [2.24, 2.45) is 5.73 Å². The molecule has 3 N–H and O–H groups in total. The minimum Gasteiger partial charge on any atom is -0.423 e. The van der Waals surface area contributed by atoms with Crippen molar-refractivity contribution in [1.82, 2.24) is 0 Å². The van der Waals surface area contributed by atoms with E-state index in [1.54, 1.807) is 61.5 Å². The summed E-state index contributed by atoms with van der Waals surface area (Å²) in [6, 6.07) is 12.8. The van der Waals surface area contributed by atoms with Gasteiger partial charge in [-0.15, -0.1) is 0 Å². The summed E-state index contributed by atoms with van der Waals surface area (Å²) in [5.74, 6) is -0.567. The molecular weight excluding hydrogens is 422 g/mol. The maximum absolute atomic E-state index is 13.0. The van der Waals surface area contributed by atoms with Gasteiger partial charge in [-0.2, -0.15) is 9.28 Å². The molecule has 2 aromatic rings. The van der Waals surface area contributed by atoms with Crippen LogP contribution in [0.15, 0.2) is 54.6 Å². The van der Waals surface area contributed by atoms with Gasteiger partial charge < -0.3 is 15.2 Å². The van der Waals surface area contributed by atoms with Crippen molar-refractivity contribution in [2.45, 2.75) is 32.7 Å². The lowest BCUT2D eigenvalue weighted by Crippen LogP contribution is -2.58. The third kappa shape index (κ3) is 5.18. The number of amidine groups is 1. The lowest BCUT2D eigenvalue weighted by atomic mass is 10.1. The number of nitrogens with two attached hydrogens (primary N) is 1. The first kappa shape index (κ1) is 23.9. The molecule has 2 atom stereocenters. The Hall–Kier alpha value is -3.78. The van der Waals surface area contributed by atoms with Gasteiger partial charge in [0.2, 0.25) is 0 Å². The molecule has 0 saturated carbocycles. The fraction of sp³-hybridized carbons (Fsp3) is 0.280. The monoisotopic (exact) mass is 450 g/mol. The van der Waals surface area contributed by atoms with E-state index in [0.29, 0.717) is 29.0 Å². The third-order valence-corrected chi connectivity index (χ3v) is 5.81. The predicted molar refractivity (Wildman–Crippen MR) is 124 cm³/mol. The van der Waals surface area contributed by atoms with Crippen LogP contribution in [-0.4, -0.2) is 47.5 Å². The molecule has 172 valence electrons. The summed E-state index contributed by atoms with van der Waals surface area (Å²) in [6.45, 7) is 4.27. The zero-order valence-corrected chi connectivity index (χ0v) is 18.7. The Kier molecular flexibility index (Phi) is 7.40. The number of likely N-dealkylation sites (tertiary alicyclic amines) is 1. The van der Waals surface area contributed by atoms with Gasteiger partial charge in [-0.3, -0.25) is 5.41 Å². The van der Waals surface area contributed by atoms with Gasteiger partial charge in [0.15, 0.2) is 0 Å². The van der Waals surface area contributed by atoms with E-state index < -0.39 is 12.1 Å². The molecule has 8 heteroatoms. The molecule has 2 aromatic carbocycles. The molecule has 2 amide bonds. The Morgan fingerprint density at radius 2 is 1.73 bits per heavy atom. The van der Waals surface area contributed by atoms with Crippen LogP contribution in [0.25, 0.3) is 6.08 Å². The van der Waals surface area contributed by atoms with Gasteiger partial charge in [0.25, 0.3) is 0 Å². The van der Waals surface area contributed by atoms with Gasteiger partial charge in [0, 0.05) is 24.5 Å². The summed E-state index contributed by atoms with van der Waals surface area (Å²) in [5.41, 5.74) is 7.01. The van der Waals surface area contributed by atoms with Crippen LogP contribution in [0.5, 0.6) is 5.75 Å². The van der Waals surface area contributed by atoms with Crippen molar-refractivity contribution in [3.8, 4) is 5.75 Å². The van der Waals surface area contributed by atoms with Crippen molar-refractivity contribution in [2.75, 3.05) is 13.2 Å². The number of ether oxygens (including phenoxy) is 2. The fourth-order valence-electron chi connectivity index (χ4n) is 3.90. The van der Waals surface area contributed by atoms with Gasteiger partial charge in [0.05, 0.1) is 18.7 Å². The number of carbonyl (C=O) groups is 3. The number of quaternary nitrogens is 1. The molecule has 1 fully saturated rings. The highest BCUT2D eigenvalue weighted by Crippen LogP contribution is 2.29. The van der Waals surface area contributed by atoms with Gasteiger partial charge in [0.1, 0.15) is 17.6 Å². The molecule has 1 aliphatic heterocycles. The second kappa shape index (κ2) is 10.2. The van der Waals surface area contributed by atoms with Crippen molar-refractivity contribution in [1.29, 1.82) is 5.41 Å². The van der Waals surface area contributed by atoms with E-state index in [1.807, 2.05) is 6.92 Å². The first-order chi connectivity index (χ1) is 15.8. The van der Waals surface area contributed by atoms with Gasteiger partial charge in [-0.05, 0) is 61.9 Å². The smallest absolute Gasteiger partial charge is 0.423 e. The molecule has 1 heterocycles. The first-order valence-corrected chi connectivity index (χ1v) is 10.8. The van der Waals surface area contributed by atoms with Crippen molar-refractivity contribution < 1.29 is 28.3 Å². The highest BCUT2D eigenvalue weighted by molar-refractivity contribution is 5.95. The Balaban J connectivity index is 1.68. The molecule has 0 spiro atoms. The largest absolute Gasteiger partial charge is 0.524 e. The van der Waals surface area contributed by atoms with Crippen molar-refractivity contribution in [3.05, 3.63) is 71.3 Å². The van der Waals surface area contributed by atoms with Crippen molar-refractivity contribution in [3.63, 3.8) is 0 Å². The Bertz CT molecular complexity index is 1080. The van der Waals surface area contributed by atoms with Gasteiger partial charge >= 0.3 is 18.0 Å². The standard InChI is InChI=1S/C25H28N3O5/c1-3-32-25(31)28(16-4-5-17(28)2)22(29)15-8-18-6-9-20(10-7-18)24(30)33-21-13-11-19(12-14-21)23(26)27/h6-15,17H,3-5,16H2,1-2H3,(H3,26,27)/q+1/t17-,28?/m1/s1. The summed E-state index contributed by atoms with van der Waals surface area (Å²) >= 11 is 0. The Morgan fingerprint density at radius 3 is 2.27 bits per heavy atom. The van der Waals surface area contributed by atoms with Gasteiger partial charge in [-0.1, -0.05) is 12.1 Å². The number of carbonyl (C=O) groups excluding carboxylic acids is 3. The molecule has 1 saturated heterocycles. The van der Waals surface area contributed by atoms with Crippen LogP contribution in [0.1, 0.15) is 48.2 Å². The average Bonchev–Trinajstić information content (AvgIpc) is 3.20. The van der Waals surface area contributed by atoms with E-state index in [0.717, 1.165) is 12.8 Å². The number of imide groups is 1. The number of hydrogen-bond donors (Lipinski definition) is 2. The Morgan fingerprint density at radius 1 is 1.09 bits per heavy atom. The summed E-state index contributed by atoms with van der Waals surface area (Å²) in [5, 5.41) is 7.39. The normalized spacial score (nSPS) is 19.9. The lowest BCUT2D eigenvalue weighted by molar-refractivity contribution is -0.790. The summed E-state index contributed by atoms with van der Waals surface area (Å²) in [6.07, 6.45) is 4.09. The van der Waals surface area contributed by atoms with Crippen LogP contribution in [0.4, 0.5) is 4.79 Å². The SMILES string of the molecule is CCOC(=O)[N+]1(C(=O)C=Cc2ccc(C(=O)Oc3ccc(C(=N)N)cc3)cc2)CCC[C@H]1C. The fourth-order valence-corrected chi connectivity index (χ4v) is 3.90. The minimum absolute atomic E-state index is 0.0654. The molecule has 0 aromatic heterocycles. The quantitative estimate of drug-likeness (QED) is 0.172. The highest BCUT2D eigenvalue weighted by Gasteiger charge is 2.52. The third-order valence-electron chi connectivity index (χ3n) is 5.81. The van der Waals surface area contributed by atoms with E-state index in [9.17, 15) is 14.4 Å². The van der Waals surface area contributed by atoms with Crippen molar-refractivity contribution >= 4 is 29.9 Å². The molecule has 1 unspecified atom stereocenters. The van der Waals surface area contributed by atoms with E-state index in [4.69, 9.17) is 20.6 Å². The number of amides is 2. The zero-order valence-electron chi connectivity index (χ0n) is 18.7. The number of benzene rings is 2. The van der Waals surface area contributed by atoms with Gasteiger partial charge in [-0.25, -0.2) is 9.59 Å². The minimum atomic E-state index is -0.533. The van der Waals surface area contributed by atoms with Crippen LogP contribution in [0, 0.1) is 5.41 Å². The maximum atomic E-state index is 13.0. The summed E-state index contributed by atoms with van der Waals surface area (Å²) in [7, 11) is 0. The number of esters is 1. The van der Waals surface area contributed by atoms with Crippen LogP contribution in [0.3, 0.4) is 0 Å². The lowest BCUT2D eigenvalue weighted by Gasteiger charge is -2.30. The zero-order chi connectivity index (χ0) is 24.0. The molecular formula is C25H28N3O5+. The number of hydrogen-bond acceptors (Lipinski definition) is 6.